The quantitative estimate of drug-likeness (QED) is 0.482. The minimum absolute atomic E-state index is 0.317. The molecule has 6 nitrogen and oxygen atoms in total. The van der Waals surface area contributed by atoms with Crippen molar-refractivity contribution in [1.29, 1.82) is 0 Å². The van der Waals surface area contributed by atoms with Crippen LogP contribution in [-0.4, -0.2) is 24.2 Å². The van der Waals surface area contributed by atoms with E-state index in [1.165, 1.54) is 30.5 Å². The van der Waals surface area contributed by atoms with Crippen LogP contribution in [0.25, 0.3) is 0 Å². The first kappa shape index (κ1) is 19.5. The highest BCUT2D eigenvalue weighted by Gasteiger charge is 2.07. The molecule has 0 saturated heterocycles. The van der Waals surface area contributed by atoms with E-state index < -0.39 is 11.7 Å². The normalized spacial score (nSPS) is 10.8. The second-order valence-electron chi connectivity index (χ2n) is 5.76. The fourth-order valence-corrected chi connectivity index (χ4v) is 2.94. The SMILES string of the molecule is COc1cc(/C=N\NC(=O)c2ccc(F)cc2)ccc1OCc1csc(C)n1. The lowest BCUT2D eigenvalue weighted by Gasteiger charge is -2.10. The lowest BCUT2D eigenvalue weighted by atomic mass is 10.2. The van der Waals surface area contributed by atoms with E-state index in [1.807, 2.05) is 12.3 Å². The van der Waals surface area contributed by atoms with E-state index in [2.05, 4.69) is 15.5 Å². The van der Waals surface area contributed by atoms with Crippen molar-refractivity contribution in [3.63, 3.8) is 0 Å². The van der Waals surface area contributed by atoms with Gasteiger partial charge in [-0.2, -0.15) is 5.10 Å². The van der Waals surface area contributed by atoms with Crippen molar-refractivity contribution in [3.8, 4) is 11.5 Å². The number of hydrogen-bond acceptors (Lipinski definition) is 6. The predicted octanol–water partition coefficient (Wildman–Crippen LogP) is 3.94. The third kappa shape index (κ3) is 5.14. The molecule has 8 heteroatoms. The average Bonchev–Trinajstić information content (AvgIpc) is 3.12. The molecule has 144 valence electrons. The second kappa shape index (κ2) is 9.09. The molecule has 28 heavy (non-hydrogen) atoms. The van der Waals surface area contributed by atoms with Crippen LogP contribution in [0.4, 0.5) is 4.39 Å². The van der Waals surface area contributed by atoms with Gasteiger partial charge in [0, 0.05) is 10.9 Å². The summed E-state index contributed by atoms with van der Waals surface area (Å²) in [6.07, 6.45) is 1.48. The molecule has 0 radical (unpaired) electrons. The Bertz CT molecular complexity index is 987. The van der Waals surface area contributed by atoms with Gasteiger partial charge < -0.3 is 9.47 Å². The van der Waals surface area contributed by atoms with Crippen LogP contribution in [0.15, 0.2) is 52.9 Å². The largest absolute Gasteiger partial charge is 0.493 e. The topological polar surface area (TPSA) is 72.8 Å². The summed E-state index contributed by atoms with van der Waals surface area (Å²) in [6, 6.07) is 10.5. The van der Waals surface area contributed by atoms with Crippen molar-refractivity contribution < 1.29 is 18.7 Å². The maximum atomic E-state index is 12.9. The first-order valence-corrected chi connectivity index (χ1v) is 9.24. The number of hydrazone groups is 1. The van der Waals surface area contributed by atoms with Gasteiger partial charge in [-0.1, -0.05) is 0 Å². The molecular formula is C20H18FN3O3S. The number of halogens is 1. The maximum Gasteiger partial charge on any atom is 0.271 e. The highest BCUT2D eigenvalue weighted by molar-refractivity contribution is 7.09. The second-order valence-corrected chi connectivity index (χ2v) is 6.83. The molecule has 0 atom stereocenters. The lowest BCUT2D eigenvalue weighted by molar-refractivity contribution is 0.0955. The summed E-state index contributed by atoms with van der Waals surface area (Å²) in [6.45, 7) is 2.29. The van der Waals surface area contributed by atoms with Crippen molar-refractivity contribution >= 4 is 23.5 Å². The number of hydrogen-bond donors (Lipinski definition) is 1. The molecule has 0 saturated carbocycles. The monoisotopic (exact) mass is 399 g/mol. The Morgan fingerprint density at radius 1 is 1.25 bits per heavy atom. The minimum atomic E-state index is -0.429. The smallest absolute Gasteiger partial charge is 0.271 e. The van der Waals surface area contributed by atoms with Crippen molar-refractivity contribution in [2.45, 2.75) is 13.5 Å². The Morgan fingerprint density at radius 3 is 2.71 bits per heavy atom. The number of methoxy groups -OCH3 is 1. The highest BCUT2D eigenvalue weighted by Crippen LogP contribution is 2.28. The molecule has 0 spiro atoms. The van der Waals surface area contributed by atoms with Crippen molar-refractivity contribution in [3.05, 3.63) is 75.5 Å². The Hall–Kier alpha value is -3.26. The van der Waals surface area contributed by atoms with Gasteiger partial charge in [0.1, 0.15) is 12.4 Å². The van der Waals surface area contributed by atoms with Crippen LogP contribution in [0, 0.1) is 12.7 Å². The number of nitrogens with zero attached hydrogens (tertiary/aromatic N) is 2. The summed E-state index contributed by atoms with van der Waals surface area (Å²) in [5, 5.41) is 6.86. The molecule has 2 aromatic carbocycles. The molecule has 0 aliphatic heterocycles. The van der Waals surface area contributed by atoms with Crippen LogP contribution in [-0.2, 0) is 6.61 Å². The van der Waals surface area contributed by atoms with E-state index >= 15 is 0 Å². The highest BCUT2D eigenvalue weighted by atomic mass is 32.1. The van der Waals surface area contributed by atoms with Crippen molar-refractivity contribution in [2.24, 2.45) is 5.10 Å². The predicted molar refractivity (Wildman–Crippen MR) is 106 cm³/mol. The molecule has 1 heterocycles. The summed E-state index contributed by atoms with van der Waals surface area (Å²) in [7, 11) is 1.55. The zero-order valence-electron chi connectivity index (χ0n) is 15.3. The van der Waals surface area contributed by atoms with E-state index in [0.717, 1.165) is 10.7 Å². The molecule has 1 amide bonds. The third-order valence-corrected chi connectivity index (χ3v) is 4.54. The number of rotatable bonds is 7. The first-order chi connectivity index (χ1) is 13.5. The fourth-order valence-electron chi connectivity index (χ4n) is 2.34. The van der Waals surface area contributed by atoms with Crippen molar-refractivity contribution in [1.82, 2.24) is 10.4 Å². The lowest BCUT2D eigenvalue weighted by Crippen LogP contribution is -2.17. The molecule has 3 rings (SSSR count). The van der Waals surface area contributed by atoms with E-state index in [9.17, 15) is 9.18 Å². The zero-order valence-corrected chi connectivity index (χ0v) is 16.1. The number of ether oxygens (including phenoxy) is 2. The summed E-state index contributed by atoms with van der Waals surface area (Å²) < 4.78 is 24.0. The number of nitrogens with one attached hydrogen (secondary N) is 1. The van der Waals surface area contributed by atoms with Gasteiger partial charge >= 0.3 is 0 Å². The minimum Gasteiger partial charge on any atom is -0.493 e. The number of benzene rings is 2. The van der Waals surface area contributed by atoms with Gasteiger partial charge in [-0.3, -0.25) is 4.79 Å². The average molecular weight is 399 g/mol. The molecule has 3 aromatic rings. The number of aromatic nitrogens is 1. The summed E-state index contributed by atoms with van der Waals surface area (Å²) >= 11 is 1.57. The standard InChI is InChI=1S/C20H18FN3O3S/c1-13-23-17(12-28-13)11-27-18-8-3-14(9-19(18)26-2)10-22-24-20(25)15-4-6-16(21)7-5-15/h3-10,12H,11H2,1-2H3,(H,24,25)/b22-10-. The molecule has 0 fully saturated rings. The maximum absolute atomic E-state index is 12.9. The van der Waals surface area contributed by atoms with Crippen molar-refractivity contribution in [2.75, 3.05) is 7.11 Å². The van der Waals surface area contributed by atoms with Gasteiger partial charge in [0.05, 0.1) is 24.0 Å². The summed E-state index contributed by atoms with van der Waals surface area (Å²) in [5.74, 6) is 0.294. The van der Waals surface area contributed by atoms with Gasteiger partial charge in [-0.15, -0.1) is 11.3 Å². The number of carbonyl (C=O) groups excluding carboxylic acids is 1. The fraction of sp³-hybridized carbons (Fsp3) is 0.150. The van der Waals surface area contributed by atoms with Crippen LogP contribution < -0.4 is 14.9 Å². The van der Waals surface area contributed by atoms with E-state index in [0.29, 0.717) is 29.2 Å². The molecule has 0 bridgehead atoms. The molecule has 0 aliphatic carbocycles. The van der Waals surface area contributed by atoms with Crippen LogP contribution >= 0.6 is 11.3 Å². The van der Waals surface area contributed by atoms with Crippen LogP contribution in [0.2, 0.25) is 0 Å². The van der Waals surface area contributed by atoms with Gasteiger partial charge in [-0.25, -0.2) is 14.8 Å². The Morgan fingerprint density at radius 2 is 2.04 bits per heavy atom. The van der Waals surface area contributed by atoms with Gasteiger partial charge in [0.25, 0.3) is 5.91 Å². The third-order valence-electron chi connectivity index (χ3n) is 3.72. The first-order valence-electron chi connectivity index (χ1n) is 8.36. The van der Waals surface area contributed by atoms with Crippen LogP contribution in [0.3, 0.4) is 0 Å². The number of amides is 1. The van der Waals surface area contributed by atoms with E-state index in [1.54, 1.807) is 36.6 Å². The molecule has 1 N–H and O–H groups in total. The summed E-state index contributed by atoms with van der Waals surface area (Å²) in [5.41, 5.74) is 4.29. The number of thiazole rings is 1. The van der Waals surface area contributed by atoms with Crippen LogP contribution in [0.5, 0.6) is 11.5 Å². The molecular weight excluding hydrogens is 381 g/mol. The number of aryl methyl sites for hydroxylation is 1. The Balaban J connectivity index is 1.61. The molecule has 0 unspecified atom stereocenters. The summed E-state index contributed by atoms with van der Waals surface area (Å²) in [4.78, 5) is 16.3. The Kier molecular flexibility index (Phi) is 6.33. The number of carbonyl (C=O) groups is 1. The Labute approximate surface area is 165 Å². The van der Waals surface area contributed by atoms with Gasteiger partial charge in [0.15, 0.2) is 11.5 Å². The van der Waals surface area contributed by atoms with E-state index in [-0.39, 0.29) is 0 Å². The van der Waals surface area contributed by atoms with Gasteiger partial charge in [-0.05, 0) is 55.0 Å². The van der Waals surface area contributed by atoms with Gasteiger partial charge in [0.2, 0.25) is 0 Å². The molecule has 1 aromatic heterocycles. The van der Waals surface area contributed by atoms with E-state index in [4.69, 9.17) is 9.47 Å². The zero-order chi connectivity index (χ0) is 19.9. The molecule has 0 aliphatic rings. The van der Waals surface area contributed by atoms with Crippen LogP contribution in [0.1, 0.15) is 26.6 Å².